The van der Waals surface area contributed by atoms with Crippen molar-refractivity contribution >= 4 is 10.0 Å². The van der Waals surface area contributed by atoms with Gasteiger partial charge < -0.3 is 4.57 Å². The maximum atomic E-state index is 12.2. The van der Waals surface area contributed by atoms with Gasteiger partial charge in [0.15, 0.2) is 0 Å². The lowest BCUT2D eigenvalue weighted by Crippen LogP contribution is -2.27. The van der Waals surface area contributed by atoms with Crippen LogP contribution in [0.25, 0.3) is 0 Å². The standard InChI is InChI=1S/C16H22N2O2S/c1-4-15-7-9-16(10-8-15)21(19,20)17-11-12-18-13(2)5-6-14(18)3/h5-10,17H,4,11-12H2,1-3H3. The summed E-state index contributed by atoms with van der Waals surface area (Å²) >= 11 is 0. The lowest BCUT2D eigenvalue weighted by atomic mass is 10.2. The normalized spacial score (nSPS) is 11.8. The minimum Gasteiger partial charge on any atom is -0.348 e. The minimum atomic E-state index is -3.43. The number of aryl methyl sites for hydroxylation is 3. The van der Waals surface area contributed by atoms with Crippen LogP contribution in [-0.2, 0) is 23.0 Å². The molecule has 21 heavy (non-hydrogen) atoms. The maximum Gasteiger partial charge on any atom is 0.240 e. The van der Waals surface area contributed by atoms with E-state index in [2.05, 4.69) is 9.29 Å². The zero-order valence-electron chi connectivity index (χ0n) is 12.8. The van der Waals surface area contributed by atoms with Crippen molar-refractivity contribution in [2.24, 2.45) is 0 Å². The Morgan fingerprint density at radius 2 is 1.57 bits per heavy atom. The summed E-state index contributed by atoms with van der Waals surface area (Å²) in [5, 5.41) is 0. The maximum absolute atomic E-state index is 12.2. The third-order valence-corrected chi connectivity index (χ3v) is 5.16. The molecule has 114 valence electrons. The number of benzene rings is 1. The van der Waals surface area contributed by atoms with Crippen LogP contribution < -0.4 is 4.72 Å². The second-order valence-corrected chi connectivity index (χ2v) is 6.93. The molecule has 0 aliphatic carbocycles. The molecule has 0 aliphatic rings. The molecule has 1 aromatic carbocycles. The van der Waals surface area contributed by atoms with E-state index in [9.17, 15) is 8.42 Å². The van der Waals surface area contributed by atoms with Crippen LogP contribution in [-0.4, -0.2) is 19.5 Å². The molecule has 0 radical (unpaired) electrons. The summed E-state index contributed by atoms with van der Waals surface area (Å²) in [5.74, 6) is 0. The predicted molar refractivity (Wildman–Crippen MR) is 84.9 cm³/mol. The van der Waals surface area contributed by atoms with Crippen molar-refractivity contribution in [1.29, 1.82) is 0 Å². The zero-order valence-corrected chi connectivity index (χ0v) is 13.6. The van der Waals surface area contributed by atoms with E-state index in [1.54, 1.807) is 12.1 Å². The first-order valence-corrected chi connectivity index (χ1v) is 8.63. The molecule has 2 aromatic rings. The molecule has 5 heteroatoms. The Morgan fingerprint density at radius 3 is 2.10 bits per heavy atom. The third kappa shape index (κ3) is 3.74. The fourth-order valence-electron chi connectivity index (χ4n) is 2.33. The molecular weight excluding hydrogens is 284 g/mol. The van der Waals surface area contributed by atoms with Crippen LogP contribution in [0.2, 0.25) is 0 Å². The van der Waals surface area contributed by atoms with Crippen molar-refractivity contribution in [2.75, 3.05) is 6.54 Å². The molecule has 0 spiro atoms. The molecule has 0 saturated heterocycles. The first-order chi connectivity index (χ1) is 9.94. The van der Waals surface area contributed by atoms with Gasteiger partial charge in [0.2, 0.25) is 10.0 Å². The van der Waals surface area contributed by atoms with Gasteiger partial charge in [-0.25, -0.2) is 13.1 Å². The first kappa shape index (κ1) is 15.8. The van der Waals surface area contributed by atoms with Gasteiger partial charge in [0.05, 0.1) is 4.90 Å². The average molecular weight is 306 g/mol. The topological polar surface area (TPSA) is 51.1 Å². The average Bonchev–Trinajstić information content (AvgIpc) is 2.79. The summed E-state index contributed by atoms with van der Waals surface area (Å²) in [5.41, 5.74) is 3.41. The highest BCUT2D eigenvalue weighted by Crippen LogP contribution is 2.11. The van der Waals surface area contributed by atoms with E-state index in [1.165, 1.54) is 0 Å². The molecule has 1 aromatic heterocycles. The van der Waals surface area contributed by atoms with Crippen LogP contribution in [0, 0.1) is 13.8 Å². The SMILES string of the molecule is CCc1ccc(S(=O)(=O)NCCn2c(C)ccc2C)cc1. The van der Waals surface area contributed by atoms with Gasteiger partial charge in [-0.2, -0.15) is 0 Å². The monoisotopic (exact) mass is 306 g/mol. The summed E-state index contributed by atoms with van der Waals surface area (Å²) in [4.78, 5) is 0.320. The highest BCUT2D eigenvalue weighted by Gasteiger charge is 2.13. The van der Waals surface area contributed by atoms with Crippen LogP contribution in [0.5, 0.6) is 0 Å². The number of sulfonamides is 1. The van der Waals surface area contributed by atoms with Crippen LogP contribution in [0.3, 0.4) is 0 Å². The highest BCUT2D eigenvalue weighted by atomic mass is 32.2. The van der Waals surface area contributed by atoms with Crippen LogP contribution in [0.1, 0.15) is 23.9 Å². The number of nitrogens with zero attached hydrogens (tertiary/aromatic N) is 1. The second kappa shape index (κ2) is 6.45. The third-order valence-electron chi connectivity index (χ3n) is 3.69. The second-order valence-electron chi connectivity index (χ2n) is 5.16. The fourth-order valence-corrected chi connectivity index (χ4v) is 3.35. The molecule has 4 nitrogen and oxygen atoms in total. The van der Waals surface area contributed by atoms with Crippen LogP contribution in [0.15, 0.2) is 41.3 Å². The summed E-state index contributed by atoms with van der Waals surface area (Å²) in [6.07, 6.45) is 0.903. The van der Waals surface area contributed by atoms with E-state index >= 15 is 0 Å². The van der Waals surface area contributed by atoms with Gasteiger partial charge in [-0.15, -0.1) is 0 Å². The van der Waals surface area contributed by atoms with Crippen molar-refractivity contribution in [1.82, 2.24) is 9.29 Å². The Hall–Kier alpha value is -1.59. The lowest BCUT2D eigenvalue weighted by molar-refractivity contribution is 0.569. The largest absolute Gasteiger partial charge is 0.348 e. The molecule has 0 amide bonds. The van der Waals surface area contributed by atoms with Gasteiger partial charge in [0.25, 0.3) is 0 Å². The molecule has 0 saturated carbocycles. The van der Waals surface area contributed by atoms with Gasteiger partial charge in [-0.1, -0.05) is 19.1 Å². The van der Waals surface area contributed by atoms with Crippen LogP contribution >= 0.6 is 0 Å². The Balaban J connectivity index is 2.01. The molecule has 2 rings (SSSR count). The van der Waals surface area contributed by atoms with Gasteiger partial charge in [-0.3, -0.25) is 0 Å². The summed E-state index contributed by atoms with van der Waals surface area (Å²) in [7, 11) is -3.43. The van der Waals surface area contributed by atoms with E-state index in [-0.39, 0.29) is 0 Å². The van der Waals surface area contributed by atoms with Crippen molar-refractivity contribution in [3.05, 3.63) is 53.3 Å². The van der Waals surface area contributed by atoms with Gasteiger partial charge in [-0.05, 0) is 50.1 Å². The summed E-state index contributed by atoms with van der Waals surface area (Å²) in [6.45, 7) is 7.10. The van der Waals surface area contributed by atoms with E-state index < -0.39 is 10.0 Å². The molecule has 0 aliphatic heterocycles. The molecule has 1 heterocycles. The summed E-state index contributed by atoms with van der Waals surface area (Å²) in [6, 6.07) is 11.1. The molecule has 0 unspecified atom stereocenters. The number of hydrogen-bond acceptors (Lipinski definition) is 2. The molecular formula is C16H22N2O2S. The number of nitrogens with one attached hydrogen (secondary N) is 1. The predicted octanol–water partition coefficient (Wildman–Crippen LogP) is 2.65. The van der Waals surface area contributed by atoms with E-state index in [1.807, 2.05) is 45.0 Å². The first-order valence-electron chi connectivity index (χ1n) is 7.15. The van der Waals surface area contributed by atoms with E-state index in [0.717, 1.165) is 23.4 Å². The fraction of sp³-hybridized carbons (Fsp3) is 0.375. The Bertz CT molecular complexity index is 681. The number of hydrogen-bond donors (Lipinski definition) is 1. The smallest absolute Gasteiger partial charge is 0.240 e. The molecule has 0 atom stereocenters. The van der Waals surface area contributed by atoms with Crippen molar-refractivity contribution in [3.8, 4) is 0 Å². The van der Waals surface area contributed by atoms with Crippen LogP contribution in [0.4, 0.5) is 0 Å². The molecule has 1 N–H and O–H groups in total. The zero-order chi connectivity index (χ0) is 15.5. The van der Waals surface area contributed by atoms with E-state index in [4.69, 9.17) is 0 Å². The van der Waals surface area contributed by atoms with Crippen molar-refractivity contribution in [2.45, 2.75) is 38.6 Å². The van der Waals surface area contributed by atoms with Crippen molar-refractivity contribution in [3.63, 3.8) is 0 Å². The molecule has 0 bridgehead atoms. The Morgan fingerprint density at radius 1 is 1.00 bits per heavy atom. The quantitative estimate of drug-likeness (QED) is 0.892. The number of rotatable bonds is 6. The van der Waals surface area contributed by atoms with Gasteiger partial charge >= 0.3 is 0 Å². The van der Waals surface area contributed by atoms with E-state index in [0.29, 0.717) is 18.0 Å². The Kier molecular flexibility index (Phi) is 4.85. The lowest BCUT2D eigenvalue weighted by Gasteiger charge is -2.11. The minimum absolute atomic E-state index is 0.320. The highest BCUT2D eigenvalue weighted by molar-refractivity contribution is 7.89. The van der Waals surface area contributed by atoms with Gasteiger partial charge in [0, 0.05) is 24.5 Å². The van der Waals surface area contributed by atoms with Crippen molar-refractivity contribution < 1.29 is 8.42 Å². The summed E-state index contributed by atoms with van der Waals surface area (Å²) < 4.78 is 29.2. The number of aromatic nitrogens is 1. The Labute approximate surface area is 126 Å². The van der Waals surface area contributed by atoms with Gasteiger partial charge in [0.1, 0.15) is 0 Å². The molecule has 0 fully saturated rings.